The van der Waals surface area contributed by atoms with Crippen LogP contribution in [-0.2, 0) is 4.74 Å². The third-order valence-corrected chi connectivity index (χ3v) is 3.41. The zero-order valence-corrected chi connectivity index (χ0v) is 13.6. The molecule has 0 heterocycles. The molecule has 114 valence electrons. The van der Waals surface area contributed by atoms with Crippen molar-refractivity contribution >= 4 is 12.0 Å². The number of hydrogen-bond donors (Lipinski definition) is 0. The Morgan fingerprint density at radius 3 is 2.67 bits per heavy atom. The highest BCUT2D eigenvalue weighted by Gasteiger charge is 2.08. The number of hydrogen-bond acceptors (Lipinski definition) is 2. The lowest BCUT2D eigenvalue weighted by atomic mass is 9.99. The molecule has 1 aromatic carbocycles. The van der Waals surface area contributed by atoms with Crippen molar-refractivity contribution in [2.24, 2.45) is 5.92 Å². The Balaban J connectivity index is 2.57. The van der Waals surface area contributed by atoms with E-state index in [-0.39, 0.29) is 5.97 Å². The average Bonchev–Trinajstić information content (AvgIpc) is 2.46. The van der Waals surface area contributed by atoms with E-state index >= 15 is 0 Å². The topological polar surface area (TPSA) is 26.3 Å². The van der Waals surface area contributed by atoms with Crippen molar-refractivity contribution in [2.45, 2.75) is 40.0 Å². The SMILES string of the molecule is COC(=O)c1ccccc1/C=C/C[C@H](C)CCC=C(C)C. The summed E-state index contributed by atoms with van der Waals surface area (Å²) in [6.45, 7) is 6.53. The maximum atomic E-state index is 11.7. The molecule has 21 heavy (non-hydrogen) atoms. The number of rotatable bonds is 7. The first-order valence-corrected chi connectivity index (χ1v) is 7.51. The highest BCUT2D eigenvalue weighted by molar-refractivity contribution is 5.93. The van der Waals surface area contributed by atoms with Gasteiger partial charge in [0.1, 0.15) is 0 Å². The van der Waals surface area contributed by atoms with Crippen LogP contribution in [-0.4, -0.2) is 13.1 Å². The first-order chi connectivity index (χ1) is 10.0. The van der Waals surface area contributed by atoms with Gasteiger partial charge in [0.25, 0.3) is 0 Å². The molecule has 0 unspecified atom stereocenters. The predicted molar refractivity (Wildman–Crippen MR) is 89.3 cm³/mol. The minimum Gasteiger partial charge on any atom is -0.465 e. The smallest absolute Gasteiger partial charge is 0.338 e. The van der Waals surface area contributed by atoms with Crippen LogP contribution in [0.25, 0.3) is 6.08 Å². The summed E-state index contributed by atoms with van der Waals surface area (Å²) < 4.78 is 4.80. The molecular weight excluding hydrogens is 260 g/mol. The highest BCUT2D eigenvalue weighted by Crippen LogP contribution is 2.16. The maximum absolute atomic E-state index is 11.7. The molecule has 1 rings (SSSR count). The van der Waals surface area contributed by atoms with E-state index in [0.717, 1.165) is 18.4 Å². The molecule has 2 heteroatoms. The fourth-order valence-electron chi connectivity index (χ4n) is 2.14. The zero-order valence-electron chi connectivity index (χ0n) is 13.6. The number of methoxy groups -OCH3 is 1. The van der Waals surface area contributed by atoms with Crippen molar-refractivity contribution < 1.29 is 9.53 Å². The molecule has 1 atom stereocenters. The van der Waals surface area contributed by atoms with Gasteiger partial charge in [-0.3, -0.25) is 0 Å². The minimum absolute atomic E-state index is 0.285. The van der Waals surface area contributed by atoms with Gasteiger partial charge in [0.2, 0.25) is 0 Å². The van der Waals surface area contributed by atoms with Crippen molar-refractivity contribution in [3.05, 3.63) is 53.1 Å². The Morgan fingerprint density at radius 2 is 2.00 bits per heavy atom. The second kappa shape index (κ2) is 9.17. The van der Waals surface area contributed by atoms with Crippen molar-refractivity contribution in [2.75, 3.05) is 7.11 Å². The number of ether oxygens (including phenoxy) is 1. The Kier molecular flexibility index (Phi) is 7.52. The molecule has 0 saturated carbocycles. The molecular formula is C19H26O2. The molecule has 0 N–H and O–H groups in total. The molecule has 0 saturated heterocycles. The molecule has 0 aliphatic carbocycles. The van der Waals surface area contributed by atoms with Crippen LogP contribution in [0.3, 0.4) is 0 Å². The van der Waals surface area contributed by atoms with Gasteiger partial charge < -0.3 is 4.74 Å². The second-order valence-corrected chi connectivity index (χ2v) is 5.68. The summed E-state index contributed by atoms with van der Waals surface area (Å²) in [5.74, 6) is 0.356. The molecule has 0 fully saturated rings. The van der Waals surface area contributed by atoms with Gasteiger partial charge >= 0.3 is 5.97 Å². The van der Waals surface area contributed by atoms with E-state index in [2.05, 4.69) is 32.9 Å². The first kappa shape index (κ1) is 17.2. The number of carbonyl (C=O) groups is 1. The van der Waals surface area contributed by atoms with E-state index in [0.29, 0.717) is 11.5 Å². The Bertz CT molecular complexity index is 508. The van der Waals surface area contributed by atoms with Crippen molar-refractivity contribution in [1.82, 2.24) is 0 Å². The van der Waals surface area contributed by atoms with Gasteiger partial charge in [-0.1, -0.05) is 48.9 Å². The normalized spacial score (nSPS) is 12.2. The summed E-state index contributed by atoms with van der Waals surface area (Å²) in [4.78, 5) is 11.7. The first-order valence-electron chi connectivity index (χ1n) is 7.51. The summed E-state index contributed by atoms with van der Waals surface area (Å²) in [5, 5.41) is 0. The largest absolute Gasteiger partial charge is 0.465 e. The van der Waals surface area contributed by atoms with Gasteiger partial charge in [-0.2, -0.15) is 0 Å². The fraction of sp³-hybridized carbons (Fsp3) is 0.421. The summed E-state index contributed by atoms with van der Waals surface area (Å²) in [6.07, 6.45) is 9.79. The lowest BCUT2D eigenvalue weighted by Crippen LogP contribution is -2.03. The molecule has 0 amide bonds. The van der Waals surface area contributed by atoms with E-state index in [4.69, 9.17) is 4.74 Å². The standard InChI is InChI=1S/C19H26O2/c1-15(2)9-7-10-16(3)11-8-13-17-12-5-6-14-18(17)19(20)21-4/h5-6,8-9,12-14,16H,7,10-11H2,1-4H3/b13-8+/t16-/m1/s1. The molecule has 0 aliphatic rings. The van der Waals surface area contributed by atoms with Gasteiger partial charge in [0, 0.05) is 0 Å². The molecule has 0 aromatic heterocycles. The quantitative estimate of drug-likeness (QED) is 0.505. The minimum atomic E-state index is -0.285. The van der Waals surface area contributed by atoms with Crippen molar-refractivity contribution in [1.29, 1.82) is 0 Å². The van der Waals surface area contributed by atoms with E-state index in [1.54, 1.807) is 6.07 Å². The third-order valence-electron chi connectivity index (χ3n) is 3.41. The average molecular weight is 286 g/mol. The summed E-state index contributed by atoms with van der Waals surface area (Å²) in [5.41, 5.74) is 2.92. The summed E-state index contributed by atoms with van der Waals surface area (Å²) in [6, 6.07) is 7.52. The van der Waals surface area contributed by atoms with Gasteiger partial charge in [-0.25, -0.2) is 4.79 Å². The summed E-state index contributed by atoms with van der Waals surface area (Å²) >= 11 is 0. The van der Waals surface area contributed by atoms with Gasteiger partial charge in [0.15, 0.2) is 0 Å². The number of carbonyl (C=O) groups excluding carboxylic acids is 1. The molecule has 0 radical (unpaired) electrons. The van der Waals surface area contributed by atoms with Gasteiger partial charge in [-0.15, -0.1) is 0 Å². The Morgan fingerprint density at radius 1 is 1.29 bits per heavy atom. The number of esters is 1. The molecule has 0 spiro atoms. The van der Waals surface area contributed by atoms with Crippen LogP contribution in [0.2, 0.25) is 0 Å². The fourth-order valence-corrected chi connectivity index (χ4v) is 2.14. The molecule has 0 bridgehead atoms. The van der Waals surface area contributed by atoms with E-state index < -0.39 is 0 Å². The van der Waals surface area contributed by atoms with Crippen LogP contribution in [0.1, 0.15) is 56.0 Å². The highest BCUT2D eigenvalue weighted by atomic mass is 16.5. The van der Waals surface area contributed by atoms with Crippen molar-refractivity contribution in [3.8, 4) is 0 Å². The third kappa shape index (κ3) is 6.44. The molecule has 0 aliphatic heterocycles. The van der Waals surface area contributed by atoms with Crippen molar-refractivity contribution in [3.63, 3.8) is 0 Å². The van der Waals surface area contributed by atoms with Crippen LogP contribution in [0, 0.1) is 5.92 Å². The van der Waals surface area contributed by atoms with Crippen LogP contribution >= 0.6 is 0 Å². The monoisotopic (exact) mass is 286 g/mol. The van der Waals surface area contributed by atoms with Crippen LogP contribution in [0.4, 0.5) is 0 Å². The van der Waals surface area contributed by atoms with Gasteiger partial charge in [-0.05, 0) is 50.7 Å². The van der Waals surface area contributed by atoms with E-state index in [9.17, 15) is 4.79 Å². The maximum Gasteiger partial charge on any atom is 0.338 e. The van der Waals surface area contributed by atoms with Crippen LogP contribution in [0.15, 0.2) is 42.0 Å². The Labute approximate surface area is 128 Å². The zero-order chi connectivity index (χ0) is 15.7. The lowest BCUT2D eigenvalue weighted by Gasteiger charge is -2.07. The second-order valence-electron chi connectivity index (χ2n) is 5.68. The van der Waals surface area contributed by atoms with E-state index in [1.807, 2.05) is 24.3 Å². The number of benzene rings is 1. The van der Waals surface area contributed by atoms with E-state index in [1.165, 1.54) is 19.1 Å². The summed E-state index contributed by atoms with van der Waals surface area (Å²) in [7, 11) is 1.41. The molecule has 2 nitrogen and oxygen atoms in total. The van der Waals surface area contributed by atoms with Crippen LogP contribution < -0.4 is 0 Å². The van der Waals surface area contributed by atoms with Crippen LogP contribution in [0.5, 0.6) is 0 Å². The van der Waals surface area contributed by atoms with Gasteiger partial charge in [0.05, 0.1) is 12.7 Å². The lowest BCUT2D eigenvalue weighted by molar-refractivity contribution is 0.0600. The predicted octanol–water partition coefficient (Wildman–Crippen LogP) is 5.26. The molecule has 1 aromatic rings. The Hall–Kier alpha value is -1.83. The number of allylic oxidation sites excluding steroid dienone is 3.